The van der Waals surface area contributed by atoms with Crippen molar-refractivity contribution in [3.63, 3.8) is 0 Å². The quantitative estimate of drug-likeness (QED) is 0.267. The summed E-state index contributed by atoms with van der Waals surface area (Å²) in [5.74, 6) is 0. The first kappa shape index (κ1) is 22.0. The van der Waals surface area contributed by atoms with Crippen LogP contribution >= 0.6 is 0 Å². The zero-order valence-electron chi connectivity index (χ0n) is 14.7. The van der Waals surface area contributed by atoms with Gasteiger partial charge in [0.25, 0.3) is 0 Å². The van der Waals surface area contributed by atoms with Crippen LogP contribution in [0.15, 0.2) is 12.7 Å². The van der Waals surface area contributed by atoms with Crippen molar-refractivity contribution in [3.05, 3.63) is 12.7 Å². The molecule has 0 aromatic rings. The van der Waals surface area contributed by atoms with E-state index in [0.29, 0.717) is 0 Å². The molecule has 0 saturated heterocycles. The highest BCUT2D eigenvalue weighted by Crippen LogP contribution is 2.12. The smallest absolute Gasteiger partial charge is 0.00519 e. The summed E-state index contributed by atoms with van der Waals surface area (Å²) in [5, 5.41) is 3.21. The van der Waals surface area contributed by atoms with E-state index in [9.17, 15) is 0 Å². The van der Waals surface area contributed by atoms with E-state index >= 15 is 0 Å². The number of unbranched alkanes of at least 4 members (excludes halogenated alkanes) is 12. The third-order valence-corrected chi connectivity index (χ3v) is 3.59. The normalized spacial score (nSPS) is 9.95. The minimum absolute atomic E-state index is 1.19. The molecule has 0 rings (SSSR count). The fourth-order valence-electron chi connectivity index (χ4n) is 2.36. The van der Waals surface area contributed by atoms with Gasteiger partial charge >= 0.3 is 0 Å². The van der Waals surface area contributed by atoms with Gasteiger partial charge in [-0.25, -0.2) is 0 Å². The van der Waals surface area contributed by atoms with Gasteiger partial charge in [-0.2, -0.15) is 0 Å². The Bertz CT molecular complexity index is 154. The van der Waals surface area contributed by atoms with E-state index in [-0.39, 0.29) is 0 Å². The van der Waals surface area contributed by atoms with Gasteiger partial charge in [-0.05, 0) is 32.9 Å². The highest BCUT2D eigenvalue weighted by atomic mass is 14.8. The molecule has 1 N–H and O–H groups in total. The van der Waals surface area contributed by atoms with Gasteiger partial charge in [-0.1, -0.05) is 84.1 Å². The average Bonchev–Trinajstić information content (AvgIpc) is 2.50. The first-order chi connectivity index (χ1) is 9.91. The van der Waals surface area contributed by atoms with Crippen molar-refractivity contribution in [2.24, 2.45) is 0 Å². The summed E-state index contributed by atoms with van der Waals surface area (Å²) in [6.45, 7) is 8.94. The molecule has 0 heterocycles. The summed E-state index contributed by atoms with van der Waals surface area (Å²) >= 11 is 0. The maximum atomic E-state index is 3.76. The molecule has 0 unspecified atom stereocenters. The molecular formula is C19H41N. The number of nitrogens with one attached hydrogen (secondary N) is 1. The van der Waals surface area contributed by atoms with Gasteiger partial charge in [0.1, 0.15) is 0 Å². The molecule has 0 aromatic carbocycles. The molecule has 0 aliphatic heterocycles. The van der Waals surface area contributed by atoms with Crippen LogP contribution in [0.25, 0.3) is 0 Å². The van der Waals surface area contributed by atoms with E-state index in [1.807, 2.05) is 27.0 Å². The fraction of sp³-hybridized carbons (Fsp3) is 0.895. The molecule has 122 valence electrons. The summed E-state index contributed by atoms with van der Waals surface area (Å²) in [6, 6.07) is 0. The van der Waals surface area contributed by atoms with Crippen LogP contribution in [0.3, 0.4) is 0 Å². The molecule has 0 radical (unpaired) electrons. The average molecular weight is 284 g/mol. The zero-order chi connectivity index (χ0) is 15.3. The summed E-state index contributed by atoms with van der Waals surface area (Å²) in [4.78, 5) is 0. The van der Waals surface area contributed by atoms with Gasteiger partial charge in [0.15, 0.2) is 0 Å². The van der Waals surface area contributed by atoms with Crippen LogP contribution in [0.4, 0.5) is 0 Å². The molecule has 0 amide bonds. The first-order valence-corrected chi connectivity index (χ1v) is 9.17. The molecular weight excluding hydrogens is 242 g/mol. The SMILES string of the molecule is C=CCCCCCCCCCCCCCCNC.CC. The summed E-state index contributed by atoms with van der Waals surface area (Å²) in [6.07, 6.45) is 20.3. The summed E-state index contributed by atoms with van der Waals surface area (Å²) < 4.78 is 0. The predicted molar refractivity (Wildman–Crippen MR) is 95.5 cm³/mol. The third kappa shape index (κ3) is 22.8. The van der Waals surface area contributed by atoms with E-state index in [1.54, 1.807) is 0 Å². The molecule has 0 bridgehead atoms. The molecule has 1 nitrogen and oxygen atoms in total. The molecule has 0 saturated carbocycles. The van der Waals surface area contributed by atoms with Crippen molar-refractivity contribution in [3.8, 4) is 0 Å². The van der Waals surface area contributed by atoms with E-state index in [4.69, 9.17) is 0 Å². The van der Waals surface area contributed by atoms with Crippen molar-refractivity contribution in [2.45, 2.75) is 97.3 Å². The van der Waals surface area contributed by atoms with E-state index in [0.717, 1.165) is 0 Å². The van der Waals surface area contributed by atoms with Crippen LogP contribution in [0.5, 0.6) is 0 Å². The van der Waals surface area contributed by atoms with E-state index in [2.05, 4.69) is 11.9 Å². The summed E-state index contributed by atoms with van der Waals surface area (Å²) in [7, 11) is 2.04. The highest BCUT2D eigenvalue weighted by molar-refractivity contribution is 4.65. The van der Waals surface area contributed by atoms with Crippen LogP contribution in [0.1, 0.15) is 97.3 Å². The molecule has 0 aliphatic rings. The Morgan fingerprint density at radius 1 is 0.650 bits per heavy atom. The molecule has 1 heteroatoms. The molecule has 0 aromatic heterocycles. The predicted octanol–water partition coefficient (Wildman–Crippen LogP) is 6.49. The second-order valence-corrected chi connectivity index (χ2v) is 5.42. The Morgan fingerprint density at radius 2 is 1.00 bits per heavy atom. The third-order valence-electron chi connectivity index (χ3n) is 3.59. The van der Waals surface area contributed by atoms with Crippen molar-refractivity contribution in [1.82, 2.24) is 5.32 Å². The van der Waals surface area contributed by atoms with Crippen molar-refractivity contribution < 1.29 is 0 Å². The molecule has 0 aliphatic carbocycles. The topological polar surface area (TPSA) is 12.0 Å². The Morgan fingerprint density at radius 3 is 1.35 bits per heavy atom. The standard InChI is InChI=1S/C17H35N.C2H6/c1-3-4-5-6-7-8-9-10-11-12-13-14-15-16-17-18-2;1-2/h3,18H,1,4-17H2,2H3;1-2H3. The zero-order valence-corrected chi connectivity index (χ0v) is 14.7. The lowest BCUT2D eigenvalue weighted by molar-refractivity contribution is 0.538. The van der Waals surface area contributed by atoms with E-state index in [1.165, 1.54) is 90.0 Å². The second-order valence-electron chi connectivity index (χ2n) is 5.42. The Hall–Kier alpha value is -0.300. The maximum absolute atomic E-state index is 3.76. The number of allylic oxidation sites excluding steroid dienone is 1. The van der Waals surface area contributed by atoms with Gasteiger partial charge in [-0.15, -0.1) is 6.58 Å². The van der Waals surface area contributed by atoms with Crippen LogP contribution in [0.2, 0.25) is 0 Å². The van der Waals surface area contributed by atoms with E-state index < -0.39 is 0 Å². The number of hydrogen-bond acceptors (Lipinski definition) is 1. The lowest BCUT2D eigenvalue weighted by Gasteiger charge is -2.03. The minimum atomic E-state index is 1.19. The Balaban J connectivity index is 0. The van der Waals surface area contributed by atoms with Crippen molar-refractivity contribution >= 4 is 0 Å². The first-order valence-electron chi connectivity index (χ1n) is 9.17. The monoisotopic (exact) mass is 283 g/mol. The van der Waals surface area contributed by atoms with Crippen LogP contribution < -0.4 is 5.32 Å². The van der Waals surface area contributed by atoms with Gasteiger partial charge in [0.2, 0.25) is 0 Å². The van der Waals surface area contributed by atoms with Gasteiger partial charge in [-0.3, -0.25) is 0 Å². The van der Waals surface area contributed by atoms with Crippen molar-refractivity contribution in [1.29, 1.82) is 0 Å². The van der Waals surface area contributed by atoms with Crippen LogP contribution in [0, 0.1) is 0 Å². The largest absolute Gasteiger partial charge is 0.320 e. The van der Waals surface area contributed by atoms with Gasteiger partial charge < -0.3 is 5.32 Å². The van der Waals surface area contributed by atoms with Crippen LogP contribution in [-0.2, 0) is 0 Å². The molecule has 20 heavy (non-hydrogen) atoms. The number of rotatable bonds is 15. The molecule has 0 atom stereocenters. The number of hydrogen-bond donors (Lipinski definition) is 1. The molecule has 0 spiro atoms. The maximum Gasteiger partial charge on any atom is -0.00519 e. The minimum Gasteiger partial charge on any atom is -0.320 e. The lowest BCUT2D eigenvalue weighted by Crippen LogP contribution is -2.06. The Labute approximate surface area is 129 Å². The Kier molecular flexibility index (Phi) is 26.1. The summed E-state index contributed by atoms with van der Waals surface area (Å²) in [5.41, 5.74) is 0. The van der Waals surface area contributed by atoms with Gasteiger partial charge in [0.05, 0.1) is 0 Å². The highest BCUT2D eigenvalue weighted by Gasteiger charge is 1.93. The second kappa shape index (κ2) is 23.8. The van der Waals surface area contributed by atoms with Crippen LogP contribution in [-0.4, -0.2) is 13.6 Å². The van der Waals surface area contributed by atoms with Crippen molar-refractivity contribution in [2.75, 3.05) is 13.6 Å². The van der Waals surface area contributed by atoms with Gasteiger partial charge in [0, 0.05) is 0 Å². The molecule has 0 fully saturated rings. The fourth-order valence-corrected chi connectivity index (χ4v) is 2.36. The lowest BCUT2D eigenvalue weighted by atomic mass is 10.0.